The smallest absolute Gasteiger partial charge is 0.213 e. The second-order valence-electron chi connectivity index (χ2n) is 7.34. The highest BCUT2D eigenvalue weighted by atomic mass is 16.5. The van der Waals surface area contributed by atoms with Crippen molar-refractivity contribution in [2.45, 2.75) is 58.6 Å². The number of anilines is 1. The molecule has 1 aliphatic carbocycles. The van der Waals surface area contributed by atoms with Crippen LogP contribution in [0.5, 0.6) is 5.88 Å². The van der Waals surface area contributed by atoms with E-state index >= 15 is 0 Å². The van der Waals surface area contributed by atoms with Crippen LogP contribution in [0.4, 0.5) is 5.82 Å². The molecule has 0 unspecified atom stereocenters. The molecule has 3 aromatic rings. The number of hydrogen-bond donors (Lipinski definition) is 1. The van der Waals surface area contributed by atoms with Gasteiger partial charge in [-0.05, 0) is 57.2 Å². The summed E-state index contributed by atoms with van der Waals surface area (Å²) in [5, 5.41) is 7.80. The van der Waals surface area contributed by atoms with Gasteiger partial charge in [-0.2, -0.15) is 5.10 Å². The second kappa shape index (κ2) is 8.37. The largest absolute Gasteiger partial charge is 0.474 e. The van der Waals surface area contributed by atoms with E-state index in [4.69, 9.17) is 4.74 Å². The predicted molar refractivity (Wildman–Crippen MR) is 108 cm³/mol. The number of nitrogens with one attached hydrogen (secondary N) is 1. The Morgan fingerprint density at radius 1 is 1.14 bits per heavy atom. The van der Waals surface area contributed by atoms with Gasteiger partial charge in [0.2, 0.25) is 5.88 Å². The summed E-state index contributed by atoms with van der Waals surface area (Å²) in [6, 6.07) is 6.01. The fourth-order valence-corrected chi connectivity index (χ4v) is 3.57. The third kappa shape index (κ3) is 4.47. The Labute approximate surface area is 165 Å². The summed E-state index contributed by atoms with van der Waals surface area (Å²) < 4.78 is 7.86. The number of nitrogens with zero attached hydrogens (tertiary/aromatic N) is 5. The zero-order valence-electron chi connectivity index (χ0n) is 16.4. The van der Waals surface area contributed by atoms with Gasteiger partial charge in [-0.3, -0.25) is 4.98 Å². The molecule has 1 saturated carbocycles. The molecule has 4 rings (SSSR count). The van der Waals surface area contributed by atoms with Crippen LogP contribution in [-0.4, -0.2) is 30.8 Å². The molecule has 1 aliphatic rings. The van der Waals surface area contributed by atoms with E-state index in [-0.39, 0.29) is 0 Å². The van der Waals surface area contributed by atoms with Gasteiger partial charge in [0.05, 0.1) is 18.1 Å². The van der Waals surface area contributed by atoms with Crippen molar-refractivity contribution in [3.05, 3.63) is 53.7 Å². The topological polar surface area (TPSA) is 77.8 Å². The molecule has 0 atom stereocenters. The highest BCUT2D eigenvalue weighted by molar-refractivity contribution is 5.38. The maximum absolute atomic E-state index is 6.06. The first-order valence-electron chi connectivity index (χ1n) is 9.88. The fraction of sp³-hybridized carbons (Fsp3) is 0.429. The number of aryl methyl sites for hydroxylation is 2. The lowest BCUT2D eigenvalue weighted by atomic mass is 9.98. The van der Waals surface area contributed by atoms with E-state index in [0.717, 1.165) is 29.8 Å². The van der Waals surface area contributed by atoms with Crippen molar-refractivity contribution in [1.82, 2.24) is 24.7 Å². The van der Waals surface area contributed by atoms with Gasteiger partial charge in [0.15, 0.2) is 5.82 Å². The van der Waals surface area contributed by atoms with Crippen LogP contribution in [-0.2, 0) is 6.54 Å². The SMILES string of the molecule is Cc1cc(C)n(-c2cncc(NCc3ccnc(OC4CCCCC4)c3)n2)n1. The lowest BCUT2D eigenvalue weighted by Gasteiger charge is -2.22. The Morgan fingerprint density at radius 2 is 2.00 bits per heavy atom. The number of rotatable bonds is 6. The molecular weight excluding hydrogens is 352 g/mol. The lowest BCUT2D eigenvalue weighted by Crippen LogP contribution is -2.20. The Kier molecular flexibility index (Phi) is 5.50. The van der Waals surface area contributed by atoms with Gasteiger partial charge in [0, 0.05) is 24.5 Å². The number of aromatic nitrogens is 5. The standard InChI is InChI=1S/C21H26N6O/c1-15-10-16(2)27(26-15)20-14-22-13-19(25-20)24-12-17-8-9-23-21(11-17)28-18-6-4-3-5-7-18/h8-11,13-14,18H,3-7,12H2,1-2H3,(H,24,25). The molecule has 1 fully saturated rings. The monoisotopic (exact) mass is 378 g/mol. The summed E-state index contributed by atoms with van der Waals surface area (Å²) in [7, 11) is 0. The van der Waals surface area contributed by atoms with Gasteiger partial charge < -0.3 is 10.1 Å². The molecule has 7 heteroatoms. The Morgan fingerprint density at radius 3 is 2.79 bits per heavy atom. The molecule has 3 aromatic heterocycles. The molecule has 3 heterocycles. The minimum atomic E-state index is 0.299. The molecule has 0 spiro atoms. The molecule has 0 radical (unpaired) electrons. The number of pyridine rings is 1. The first-order valence-corrected chi connectivity index (χ1v) is 9.88. The highest BCUT2D eigenvalue weighted by Gasteiger charge is 2.15. The van der Waals surface area contributed by atoms with Crippen LogP contribution >= 0.6 is 0 Å². The van der Waals surface area contributed by atoms with Crippen LogP contribution in [0.1, 0.15) is 49.1 Å². The Bertz CT molecular complexity index is 932. The van der Waals surface area contributed by atoms with Gasteiger partial charge >= 0.3 is 0 Å². The summed E-state index contributed by atoms with van der Waals surface area (Å²) in [5.41, 5.74) is 3.08. The average molecular weight is 378 g/mol. The summed E-state index contributed by atoms with van der Waals surface area (Å²) in [4.78, 5) is 13.3. The second-order valence-corrected chi connectivity index (χ2v) is 7.34. The minimum absolute atomic E-state index is 0.299. The number of ether oxygens (including phenoxy) is 1. The average Bonchev–Trinajstić information content (AvgIpc) is 3.06. The van der Waals surface area contributed by atoms with Gasteiger partial charge in [-0.25, -0.2) is 14.6 Å². The lowest BCUT2D eigenvalue weighted by molar-refractivity contribution is 0.148. The van der Waals surface area contributed by atoms with Crippen molar-refractivity contribution in [3.8, 4) is 11.7 Å². The molecule has 0 aromatic carbocycles. The third-order valence-electron chi connectivity index (χ3n) is 4.96. The van der Waals surface area contributed by atoms with Crippen LogP contribution < -0.4 is 10.1 Å². The van der Waals surface area contributed by atoms with Crippen molar-refractivity contribution in [3.63, 3.8) is 0 Å². The molecule has 28 heavy (non-hydrogen) atoms. The summed E-state index contributed by atoms with van der Waals surface area (Å²) in [6.07, 6.45) is 11.6. The third-order valence-corrected chi connectivity index (χ3v) is 4.96. The van der Waals surface area contributed by atoms with Crippen molar-refractivity contribution >= 4 is 5.82 Å². The van der Waals surface area contributed by atoms with Gasteiger partial charge in [-0.1, -0.05) is 6.42 Å². The van der Waals surface area contributed by atoms with Crippen molar-refractivity contribution in [2.24, 2.45) is 0 Å². The predicted octanol–water partition coefficient (Wildman–Crippen LogP) is 4.00. The van der Waals surface area contributed by atoms with Gasteiger partial charge in [0.1, 0.15) is 11.9 Å². The molecular formula is C21H26N6O. The Balaban J connectivity index is 1.41. The first-order chi connectivity index (χ1) is 13.7. The van der Waals surface area contributed by atoms with E-state index in [0.29, 0.717) is 30.2 Å². The molecule has 1 N–H and O–H groups in total. The van der Waals surface area contributed by atoms with Crippen LogP contribution in [0.3, 0.4) is 0 Å². The normalized spacial score (nSPS) is 14.8. The molecule has 0 bridgehead atoms. The summed E-state index contributed by atoms with van der Waals surface area (Å²) >= 11 is 0. The first kappa shape index (κ1) is 18.4. The van der Waals surface area contributed by atoms with Crippen molar-refractivity contribution in [2.75, 3.05) is 5.32 Å². The Hall–Kier alpha value is -2.96. The van der Waals surface area contributed by atoms with Crippen LogP contribution in [0.2, 0.25) is 0 Å². The van der Waals surface area contributed by atoms with E-state index in [9.17, 15) is 0 Å². The van der Waals surface area contributed by atoms with E-state index in [1.54, 1.807) is 23.3 Å². The van der Waals surface area contributed by atoms with E-state index in [1.165, 1.54) is 19.3 Å². The minimum Gasteiger partial charge on any atom is -0.474 e. The van der Waals surface area contributed by atoms with Crippen LogP contribution in [0, 0.1) is 13.8 Å². The maximum atomic E-state index is 6.06. The van der Waals surface area contributed by atoms with Crippen molar-refractivity contribution in [1.29, 1.82) is 0 Å². The maximum Gasteiger partial charge on any atom is 0.213 e. The van der Waals surface area contributed by atoms with E-state index < -0.39 is 0 Å². The quantitative estimate of drug-likeness (QED) is 0.699. The summed E-state index contributed by atoms with van der Waals surface area (Å²) in [5.74, 6) is 2.11. The van der Waals surface area contributed by atoms with E-state index in [1.807, 2.05) is 32.0 Å². The van der Waals surface area contributed by atoms with Crippen molar-refractivity contribution < 1.29 is 4.74 Å². The number of hydrogen-bond acceptors (Lipinski definition) is 6. The van der Waals surface area contributed by atoms with Crippen LogP contribution in [0.25, 0.3) is 5.82 Å². The van der Waals surface area contributed by atoms with Gasteiger partial charge in [-0.15, -0.1) is 0 Å². The zero-order valence-corrected chi connectivity index (χ0v) is 16.4. The molecule has 0 saturated heterocycles. The summed E-state index contributed by atoms with van der Waals surface area (Å²) in [6.45, 7) is 4.60. The van der Waals surface area contributed by atoms with E-state index in [2.05, 4.69) is 25.4 Å². The molecule has 146 valence electrons. The van der Waals surface area contributed by atoms with Gasteiger partial charge in [0.25, 0.3) is 0 Å². The zero-order chi connectivity index (χ0) is 19.3. The molecule has 0 amide bonds. The van der Waals surface area contributed by atoms with Crippen LogP contribution in [0.15, 0.2) is 36.8 Å². The highest BCUT2D eigenvalue weighted by Crippen LogP contribution is 2.22. The molecule has 7 nitrogen and oxygen atoms in total. The fourth-order valence-electron chi connectivity index (χ4n) is 3.57. The molecule has 0 aliphatic heterocycles.